The zero-order valence-corrected chi connectivity index (χ0v) is 21.5. The SMILES string of the molecule is COc1ccc(NC(=O)c2ccoc2CNC(=O)N2Cc3occc3C(=O)N(c3ccc(OC)cc3)C2=O)cc1. The van der Waals surface area contributed by atoms with Gasteiger partial charge in [-0.05, 0) is 60.7 Å². The molecule has 0 saturated heterocycles. The Labute approximate surface area is 228 Å². The lowest BCUT2D eigenvalue weighted by molar-refractivity contribution is 0.0989. The van der Waals surface area contributed by atoms with Crippen LogP contribution < -0.4 is 25.0 Å². The van der Waals surface area contributed by atoms with Gasteiger partial charge in [0.05, 0.1) is 56.6 Å². The molecule has 2 aromatic carbocycles. The highest BCUT2D eigenvalue weighted by Crippen LogP contribution is 2.28. The van der Waals surface area contributed by atoms with E-state index in [0.29, 0.717) is 17.2 Å². The van der Waals surface area contributed by atoms with E-state index in [1.54, 1.807) is 43.5 Å². The number of benzene rings is 2. The second-order valence-electron chi connectivity index (χ2n) is 8.56. The number of urea groups is 2. The lowest BCUT2D eigenvalue weighted by Gasteiger charge is -2.25. The number of fused-ring (bicyclic) bond motifs is 1. The molecule has 0 fully saturated rings. The number of ether oxygens (including phenoxy) is 2. The minimum absolute atomic E-state index is 0.155. The van der Waals surface area contributed by atoms with Crippen LogP contribution in [-0.2, 0) is 13.1 Å². The summed E-state index contributed by atoms with van der Waals surface area (Å²) >= 11 is 0. The maximum atomic E-state index is 13.5. The number of hydrogen-bond donors (Lipinski definition) is 2. The first-order valence-corrected chi connectivity index (χ1v) is 12.1. The molecule has 204 valence electrons. The first-order valence-electron chi connectivity index (χ1n) is 12.1. The Bertz CT molecular complexity index is 1560. The number of carbonyl (C=O) groups excluding carboxylic acids is 4. The molecule has 6 amide bonds. The van der Waals surface area contributed by atoms with Crippen LogP contribution in [-0.4, -0.2) is 43.0 Å². The maximum absolute atomic E-state index is 13.5. The van der Waals surface area contributed by atoms with E-state index in [0.717, 1.165) is 9.80 Å². The number of methoxy groups -OCH3 is 2. The van der Waals surface area contributed by atoms with Crippen molar-refractivity contribution >= 4 is 35.3 Å². The van der Waals surface area contributed by atoms with Crippen LogP contribution in [0, 0.1) is 0 Å². The topological polar surface area (TPSA) is 144 Å². The van der Waals surface area contributed by atoms with E-state index in [1.807, 2.05) is 0 Å². The zero-order chi connectivity index (χ0) is 28.2. The van der Waals surface area contributed by atoms with Crippen molar-refractivity contribution < 1.29 is 37.5 Å². The van der Waals surface area contributed by atoms with Crippen molar-refractivity contribution in [2.24, 2.45) is 0 Å². The first-order chi connectivity index (χ1) is 19.4. The fourth-order valence-electron chi connectivity index (χ4n) is 4.11. The van der Waals surface area contributed by atoms with Gasteiger partial charge in [0, 0.05) is 5.69 Å². The summed E-state index contributed by atoms with van der Waals surface area (Å²) in [6, 6.07) is 14.2. The van der Waals surface area contributed by atoms with Crippen LogP contribution in [0.15, 0.2) is 82.0 Å². The third kappa shape index (κ3) is 5.10. The van der Waals surface area contributed by atoms with Crippen molar-refractivity contribution in [1.29, 1.82) is 0 Å². The number of anilines is 2. The molecule has 2 N–H and O–H groups in total. The molecule has 0 bridgehead atoms. The molecule has 4 aromatic rings. The normalized spacial score (nSPS) is 12.9. The van der Waals surface area contributed by atoms with Gasteiger partial charge in [-0.15, -0.1) is 0 Å². The maximum Gasteiger partial charge on any atom is 0.340 e. The van der Waals surface area contributed by atoms with Gasteiger partial charge in [0.25, 0.3) is 11.8 Å². The van der Waals surface area contributed by atoms with E-state index in [1.165, 1.54) is 43.9 Å². The van der Waals surface area contributed by atoms with E-state index in [4.69, 9.17) is 18.3 Å². The summed E-state index contributed by atoms with van der Waals surface area (Å²) in [6.45, 7) is -0.489. The molecule has 12 heteroatoms. The standard InChI is InChI=1S/C28H24N4O8/c1-37-19-7-3-17(4-8-19)30-25(33)21-11-13-39-23(21)15-29-27(35)31-16-24-22(12-14-40-24)26(34)32(28(31)36)18-5-9-20(38-2)10-6-18/h3-14H,15-16H2,1-2H3,(H,29,35)(H,30,33). The quantitative estimate of drug-likeness (QED) is 0.343. The predicted molar refractivity (Wildman–Crippen MR) is 141 cm³/mol. The molecule has 0 radical (unpaired) electrons. The molecule has 0 saturated carbocycles. The van der Waals surface area contributed by atoms with Gasteiger partial charge in [-0.25, -0.2) is 19.4 Å². The Hall–Kier alpha value is -5.52. The summed E-state index contributed by atoms with van der Waals surface area (Å²) in [5.41, 5.74) is 1.13. The van der Waals surface area contributed by atoms with Gasteiger partial charge in [0.2, 0.25) is 0 Å². The Morgan fingerprint density at radius 3 is 2.20 bits per heavy atom. The number of carbonyl (C=O) groups is 4. The van der Waals surface area contributed by atoms with Crippen LogP contribution in [0.3, 0.4) is 0 Å². The molecular weight excluding hydrogens is 520 g/mol. The smallest absolute Gasteiger partial charge is 0.340 e. The number of nitrogens with zero attached hydrogens (tertiary/aromatic N) is 2. The molecule has 0 spiro atoms. The third-order valence-electron chi connectivity index (χ3n) is 6.22. The minimum Gasteiger partial charge on any atom is -0.497 e. The largest absolute Gasteiger partial charge is 0.497 e. The average Bonchev–Trinajstić information content (AvgIpc) is 3.63. The van der Waals surface area contributed by atoms with Gasteiger partial charge in [-0.3, -0.25) is 9.59 Å². The number of furan rings is 2. The Morgan fingerprint density at radius 1 is 0.875 bits per heavy atom. The van der Waals surface area contributed by atoms with E-state index in [9.17, 15) is 19.2 Å². The molecular formula is C28H24N4O8. The van der Waals surface area contributed by atoms with Crippen molar-refractivity contribution in [2.75, 3.05) is 24.4 Å². The number of amides is 6. The second-order valence-corrected chi connectivity index (χ2v) is 8.56. The first kappa shape index (κ1) is 26.1. The van der Waals surface area contributed by atoms with Crippen LogP contribution in [0.5, 0.6) is 11.5 Å². The number of rotatable bonds is 7. The zero-order valence-electron chi connectivity index (χ0n) is 21.5. The van der Waals surface area contributed by atoms with Crippen molar-refractivity contribution in [1.82, 2.24) is 10.2 Å². The van der Waals surface area contributed by atoms with Crippen LogP contribution in [0.25, 0.3) is 0 Å². The summed E-state index contributed by atoms with van der Waals surface area (Å²) in [5.74, 6) is 0.401. The van der Waals surface area contributed by atoms with Crippen LogP contribution in [0.2, 0.25) is 0 Å². The monoisotopic (exact) mass is 544 g/mol. The predicted octanol–water partition coefficient (Wildman–Crippen LogP) is 4.63. The number of hydrogen-bond acceptors (Lipinski definition) is 8. The van der Waals surface area contributed by atoms with Gasteiger partial charge in [0.1, 0.15) is 23.0 Å². The summed E-state index contributed by atoms with van der Waals surface area (Å²) < 4.78 is 21.1. The second kappa shape index (κ2) is 11.1. The van der Waals surface area contributed by atoms with Gasteiger partial charge < -0.3 is 28.9 Å². The van der Waals surface area contributed by atoms with Crippen LogP contribution in [0.4, 0.5) is 21.0 Å². The van der Waals surface area contributed by atoms with Crippen LogP contribution >= 0.6 is 0 Å². The highest BCUT2D eigenvalue weighted by atomic mass is 16.5. The summed E-state index contributed by atoms with van der Waals surface area (Å²) in [7, 11) is 3.04. The Morgan fingerprint density at radius 2 is 1.52 bits per heavy atom. The fraction of sp³-hybridized carbons (Fsp3) is 0.143. The van der Waals surface area contributed by atoms with Crippen molar-refractivity contribution in [3.05, 3.63) is 95.8 Å². The van der Waals surface area contributed by atoms with Crippen molar-refractivity contribution in [2.45, 2.75) is 13.1 Å². The van der Waals surface area contributed by atoms with Crippen LogP contribution in [0.1, 0.15) is 32.2 Å². The van der Waals surface area contributed by atoms with E-state index in [2.05, 4.69) is 10.6 Å². The lowest BCUT2D eigenvalue weighted by Crippen LogP contribution is -2.49. The average molecular weight is 545 g/mol. The molecule has 0 aliphatic carbocycles. The Kier molecular flexibility index (Phi) is 7.22. The molecule has 0 unspecified atom stereocenters. The van der Waals surface area contributed by atoms with E-state index in [-0.39, 0.29) is 41.4 Å². The van der Waals surface area contributed by atoms with Gasteiger partial charge in [0.15, 0.2) is 0 Å². The molecule has 40 heavy (non-hydrogen) atoms. The summed E-state index contributed by atoms with van der Waals surface area (Å²) in [4.78, 5) is 54.6. The summed E-state index contributed by atoms with van der Waals surface area (Å²) in [5, 5.41) is 5.34. The highest BCUT2D eigenvalue weighted by molar-refractivity contribution is 6.23. The molecule has 2 aromatic heterocycles. The van der Waals surface area contributed by atoms with Gasteiger partial charge in [-0.1, -0.05) is 0 Å². The number of nitrogens with one attached hydrogen (secondary N) is 2. The van der Waals surface area contributed by atoms with Crippen molar-refractivity contribution in [3.63, 3.8) is 0 Å². The molecule has 12 nitrogen and oxygen atoms in total. The lowest BCUT2D eigenvalue weighted by atomic mass is 10.2. The summed E-state index contributed by atoms with van der Waals surface area (Å²) in [6.07, 6.45) is 2.64. The third-order valence-corrected chi connectivity index (χ3v) is 6.22. The fourth-order valence-corrected chi connectivity index (χ4v) is 4.11. The minimum atomic E-state index is -0.879. The Balaban J connectivity index is 1.32. The molecule has 5 rings (SSSR count). The van der Waals surface area contributed by atoms with E-state index < -0.39 is 23.9 Å². The highest BCUT2D eigenvalue weighted by Gasteiger charge is 2.39. The number of imide groups is 2. The van der Waals surface area contributed by atoms with Gasteiger partial charge >= 0.3 is 12.1 Å². The van der Waals surface area contributed by atoms with E-state index >= 15 is 0 Å². The van der Waals surface area contributed by atoms with Gasteiger partial charge in [-0.2, -0.15) is 0 Å². The molecule has 0 atom stereocenters. The molecule has 3 heterocycles. The molecule has 1 aliphatic heterocycles. The molecule has 1 aliphatic rings. The van der Waals surface area contributed by atoms with Crippen molar-refractivity contribution in [3.8, 4) is 11.5 Å².